The van der Waals surface area contributed by atoms with E-state index in [0.29, 0.717) is 6.54 Å². The molecule has 0 aliphatic rings. The van der Waals surface area contributed by atoms with Gasteiger partial charge in [0.15, 0.2) is 0 Å². The second kappa shape index (κ2) is 6.08. The first kappa shape index (κ1) is 13.9. The molecule has 0 atom stereocenters. The van der Waals surface area contributed by atoms with Gasteiger partial charge in [-0.25, -0.2) is 0 Å². The Labute approximate surface area is 118 Å². The molecule has 3 nitrogen and oxygen atoms in total. The summed E-state index contributed by atoms with van der Waals surface area (Å²) < 4.78 is 5.40. The Hall–Kier alpha value is -1.52. The minimum absolute atomic E-state index is 0.615. The Morgan fingerprint density at radius 1 is 1.32 bits per heavy atom. The molecule has 0 radical (unpaired) electrons. The number of benzene rings is 1. The monoisotopic (exact) mass is 276 g/mol. The lowest BCUT2D eigenvalue weighted by Gasteiger charge is -2.21. The third-order valence-corrected chi connectivity index (χ3v) is 4.29. The summed E-state index contributed by atoms with van der Waals surface area (Å²) in [5, 5.41) is 0. The topological polar surface area (TPSA) is 38.5 Å². The van der Waals surface area contributed by atoms with Crippen LogP contribution >= 0.6 is 11.3 Å². The Morgan fingerprint density at radius 2 is 2.05 bits per heavy atom. The Bertz CT molecular complexity index is 551. The van der Waals surface area contributed by atoms with E-state index in [9.17, 15) is 0 Å². The lowest BCUT2D eigenvalue weighted by Crippen LogP contribution is -2.17. The van der Waals surface area contributed by atoms with Gasteiger partial charge in [-0.15, -0.1) is 11.3 Å². The average Bonchev–Trinajstić information content (AvgIpc) is 2.79. The quantitative estimate of drug-likeness (QED) is 0.911. The van der Waals surface area contributed by atoms with E-state index in [1.807, 2.05) is 18.2 Å². The van der Waals surface area contributed by atoms with Crippen molar-refractivity contribution in [2.24, 2.45) is 5.73 Å². The van der Waals surface area contributed by atoms with Crippen molar-refractivity contribution in [3.63, 3.8) is 0 Å². The average molecular weight is 276 g/mol. The van der Waals surface area contributed by atoms with E-state index < -0.39 is 0 Å². The molecular formula is C15H20N2OS. The summed E-state index contributed by atoms with van der Waals surface area (Å²) in [7, 11) is 3.78. The molecule has 0 saturated carbocycles. The molecule has 1 aromatic carbocycles. The van der Waals surface area contributed by atoms with Crippen molar-refractivity contribution in [3.05, 3.63) is 45.6 Å². The predicted molar refractivity (Wildman–Crippen MR) is 82.0 cm³/mol. The van der Waals surface area contributed by atoms with Gasteiger partial charge in [0.1, 0.15) is 5.75 Å². The van der Waals surface area contributed by atoms with Gasteiger partial charge in [0, 0.05) is 29.9 Å². The molecule has 102 valence electrons. The highest BCUT2D eigenvalue weighted by molar-refractivity contribution is 7.12. The van der Waals surface area contributed by atoms with Crippen molar-refractivity contribution < 1.29 is 4.74 Å². The second-order valence-corrected chi connectivity index (χ2v) is 5.87. The number of aryl methyl sites for hydroxylation is 1. The van der Waals surface area contributed by atoms with Crippen LogP contribution in [-0.4, -0.2) is 14.2 Å². The van der Waals surface area contributed by atoms with Crippen LogP contribution in [0.1, 0.15) is 15.3 Å². The van der Waals surface area contributed by atoms with Crippen molar-refractivity contribution in [3.8, 4) is 5.75 Å². The molecule has 0 unspecified atom stereocenters. The summed E-state index contributed by atoms with van der Waals surface area (Å²) in [4.78, 5) is 4.77. The lowest BCUT2D eigenvalue weighted by atomic mass is 10.2. The zero-order chi connectivity index (χ0) is 13.8. The van der Waals surface area contributed by atoms with Gasteiger partial charge in [-0.1, -0.05) is 12.1 Å². The van der Waals surface area contributed by atoms with E-state index in [1.54, 1.807) is 18.4 Å². The summed E-state index contributed by atoms with van der Waals surface area (Å²) in [5.41, 5.74) is 8.13. The highest BCUT2D eigenvalue weighted by Crippen LogP contribution is 2.29. The first-order valence-corrected chi connectivity index (χ1v) is 7.09. The van der Waals surface area contributed by atoms with Gasteiger partial charge in [0.05, 0.1) is 12.8 Å². The van der Waals surface area contributed by atoms with E-state index in [-0.39, 0.29) is 0 Å². The second-order valence-electron chi connectivity index (χ2n) is 4.53. The molecule has 2 aromatic rings. The van der Waals surface area contributed by atoms with Crippen LogP contribution in [0.25, 0.3) is 0 Å². The number of methoxy groups -OCH3 is 1. The third-order valence-electron chi connectivity index (χ3n) is 3.18. The smallest absolute Gasteiger partial charge is 0.142 e. The van der Waals surface area contributed by atoms with Crippen LogP contribution in [0.5, 0.6) is 5.75 Å². The zero-order valence-corrected chi connectivity index (χ0v) is 12.5. The number of hydrogen-bond donors (Lipinski definition) is 1. The number of hydrogen-bond acceptors (Lipinski definition) is 4. The van der Waals surface area contributed by atoms with E-state index >= 15 is 0 Å². The summed E-state index contributed by atoms with van der Waals surface area (Å²) in [6.45, 7) is 3.63. The maximum Gasteiger partial charge on any atom is 0.142 e. The standard InChI is InChI=1S/C15H20N2OS/c1-11-12(8-13(9-16)19-11)10-17(2)14-6-4-5-7-15(14)18-3/h4-8H,9-10,16H2,1-3H3. The third kappa shape index (κ3) is 3.08. The molecule has 1 heterocycles. The van der Waals surface area contributed by atoms with Crippen molar-refractivity contribution in [1.82, 2.24) is 0 Å². The molecule has 2 N–H and O–H groups in total. The molecule has 0 amide bonds. The molecule has 4 heteroatoms. The normalized spacial score (nSPS) is 10.5. The summed E-state index contributed by atoms with van der Waals surface area (Å²) >= 11 is 1.78. The number of para-hydroxylation sites is 2. The van der Waals surface area contributed by atoms with Gasteiger partial charge in [-0.2, -0.15) is 0 Å². The molecule has 1 aromatic heterocycles. The highest BCUT2D eigenvalue weighted by atomic mass is 32.1. The van der Waals surface area contributed by atoms with Gasteiger partial charge in [0.25, 0.3) is 0 Å². The summed E-state index contributed by atoms with van der Waals surface area (Å²) in [5.74, 6) is 0.900. The molecule has 0 spiro atoms. The van der Waals surface area contributed by atoms with E-state index in [1.165, 1.54) is 15.3 Å². The van der Waals surface area contributed by atoms with Crippen molar-refractivity contribution in [2.45, 2.75) is 20.0 Å². The molecule has 0 bridgehead atoms. The molecule has 19 heavy (non-hydrogen) atoms. The van der Waals surface area contributed by atoms with Gasteiger partial charge >= 0.3 is 0 Å². The van der Waals surface area contributed by atoms with Gasteiger partial charge in [-0.05, 0) is 30.7 Å². The largest absolute Gasteiger partial charge is 0.495 e. The number of thiophene rings is 1. The van der Waals surface area contributed by atoms with Gasteiger partial charge in [-0.3, -0.25) is 0 Å². The molecule has 2 rings (SSSR count). The van der Waals surface area contributed by atoms with E-state index in [4.69, 9.17) is 10.5 Å². The highest BCUT2D eigenvalue weighted by Gasteiger charge is 2.11. The summed E-state index contributed by atoms with van der Waals surface area (Å²) in [6.07, 6.45) is 0. The number of anilines is 1. The fraction of sp³-hybridized carbons (Fsp3) is 0.333. The molecule has 0 saturated heterocycles. The first-order valence-electron chi connectivity index (χ1n) is 6.28. The van der Waals surface area contributed by atoms with Gasteiger partial charge in [0.2, 0.25) is 0 Å². The molecule has 0 aliphatic carbocycles. The first-order chi connectivity index (χ1) is 9.15. The molecule has 0 fully saturated rings. The number of nitrogens with two attached hydrogens (primary N) is 1. The lowest BCUT2D eigenvalue weighted by molar-refractivity contribution is 0.415. The molecular weight excluding hydrogens is 256 g/mol. The van der Waals surface area contributed by atoms with Crippen LogP contribution < -0.4 is 15.4 Å². The van der Waals surface area contributed by atoms with Crippen molar-refractivity contribution in [2.75, 3.05) is 19.1 Å². The molecule has 0 aliphatic heterocycles. The van der Waals surface area contributed by atoms with Crippen molar-refractivity contribution in [1.29, 1.82) is 0 Å². The SMILES string of the molecule is COc1ccccc1N(C)Cc1cc(CN)sc1C. The van der Waals surface area contributed by atoms with Crippen LogP contribution in [0.4, 0.5) is 5.69 Å². The van der Waals surface area contributed by atoms with Crippen LogP contribution in [0.15, 0.2) is 30.3 Å². The number of ether oxygens (including phenoxy) is 1. The predicted octanol–water partition coefficient (Wildman–Crippen LogP) is 3.16. The Balaban J connectivity index is 2.20. The number of nitrogens with zero attached hydrogens (tertiary/aromatic N) is 1. The number of rotatable bonds is 5. The Morgan fingerprint density at radius 3 is 2.68 bits per heavy atom. The fourth-order valence-corrected chi connectivity index (χ4v) is 3.06. The van der Waals surface area contributed by atoms with Crippen LogP contribution in [-0.2, 0) is 13.1 Å². The maximum absolute atomic E-state index is 5.70. The van der Waals surface area contributed by atoms with Crippen LogP contribution in [0, 0.1) is 6.92 Å². The zero-order valence-electron chi connectivity index (χ0n) is 11.6. The minimum Gasteiger partial charge on any atom is -0.495 e. The van der Waals surface area contributed by atoms with Crippen LogP contribution in [0.2, 0.25) is 0 Å². The Kier molecular flexibility index (Phi) is 4.45. The van der Waals surface area contributed by atoms with Crippen molar-refractivity contribution >= 4 is 17.0 Å². The van der Waals surface area contributed by atoms with E-state index in [2.05, 4.69) is 31.0 Å². The minimum atomic E-state index is 0.615. The van der Waals surface area contributed by atoms with Gasteiger partial charge < -0.3 is 15.4 Å². The fourth-order valence-electron chi connectivity index (χ4n) is 2.13. The van der Waals surface area contributed by atoms with Crippen LogP contribution in [0.3, 0.4) is 0 Å². The van der Waals surface area contributed by atoms with E-state index in [0.717, 1.165) is 18.0 Å². The summed E-state index contributed by atoms with van der Waals surface area (Å²) in [6, 6.07) is 10.3. The maximum atomic E-state index is 5.70.